The lowest BCUT2D eigenvalue weighted by molar-refractivity contribution is -0.137. The molecule has 0 saturated heterocycles. The van der Waals surface area contributed by atoms with E-state index in [-0.39, 0.29) is 6.42 Å². The Morgan fingerprint density at radius 2 is 1.73 bits per heavy atom. The molecule has 1 heterocycles. The predicted molar refractivity (Wildman–Crippen MR) is 142 cm³/mol. The molecule has 0 bridgehead atoms. The number of halogens is 1. The van der Waals surface area contributed by atoms with Crippen LogP contribution in [0.5, 0.6) is 5.75 Å². The number of carboxylic acids is 1. The maximum atomic E-state index is 13.0. The van der Waals surface area contributed by atoms with E-state index in [4.69, 9.17) is 21.7 Å². The molecule has 0 aliphatic heterocycles. The van der Waals surface area contributed by atoms with Crippen molar-refractivity contribution in [2.45, 2.75) is 19.0 Å². The van der Waals surface area contributed by atoms with Crippen LogP contribution in [0.15, 0.2) is 97.2 Å². The highest BCUT2D eigenvalue weighted by Gasteiger charge is 2.19. The van der Waals surface area contributed by atoms with Crippen molar-refractivity contribution in [1.82, 2.24) is 9.88 Å². The van der Waals surface area contributed by atoms with E-state index in [9.17, 15) is 14.7 Å². The van der Waals surface area contributed by atoms with Gasteiger partial charge in [-0.15, -0.1) is 0 Å². The molecule has 8 heteroatoms. The van der Waals surface area contributed by atoms with Crippen molar-refractivity contribution in [3.63, 3.8) is 0 Å². The van der Waals surface area contributed by atoms with E-state index < -0.39 is 17.9 Å². The van der Waals surface area contributed by atoms with Crippen molar-refractivity contribution < 1.29 is 19.4 Å². The van der Waals surface area contributed by atoms with E-state index in [1.54, 1.807) is 53.2 Å². The smallest absolute Gasteiger partial charge is 0.305 e. The third kappa shape index (κ3) is 7.08. The highest BCUT2D eigenvalue weighted by molar-refractivity contribution is 6.30. The van der Waals surface area contributed by atoms with Crippen LogP contribution >= 0.6 is 11.6 Å². The molecule has 0 aliphatic carbocycles. The molecule has 4 aromatic rings. The molecule has 0 spiro atoms. The largest absolute Gasteiger partial charge is 0.492 e. The number of nitrogens with zero attached hydrogens (tertiary/aromatic N) is 1. The molecule has 0 aliphatic rings. The van der Waals surface area contributed by atoms with E-state index >= 15 is 0 Å². The Morgan fingerprint density at radius 1 is 0.946 bits per heavy atom. The Hall–Kier alpha value is -4.36. The summed E-state index contributed by atoms with van der Waals surface area (Å²) in [6.07, 6.45) is 1.54. The molecule has 0 fully saturated rings. The number of aliphatic carboxylic acids is 1. The van der Waals surface area contributed by atoms with Gasteiger partial charge in [0.15, 0.2) is 0 Å². The minimum Gasteiger partial charge on any atom is -0.492 e. The second-order valence-corrected chi connectivity index (χ2v) is 8.85. The fourth-order valence-electron chi connectivity index (χ4n) is 3.90. The number of hydrogen-bond donors (Lipinski definition) is 3. The lowest BCUT2D eigenvalue weighted by Gasteiger charge is -2.18. The molecule has 1 unspecified atom stereocenters. The SMILES string of the molecule is N=c1ccccn1CCOc1cccc(C(=O)NC(CC(=O)O)c2ccc(-c3cccc(Cl)c3)cc2)c1. The van der Waals surface area contributed by atoms with Crippen molar-refractivity contribution in [2.75, 3.05) is 6.61 Å². The van der Waals surface area contributed by atoms with Crippen LogP contribution in [0.4, 0.5) is 0 Å². The topological polar surface area (TPSA) is 104 Å². The van der Waals surface area contributed by atoms with Gasteiger partial charge in [-0.1, -0.05) is 60.1 Å². The second-order valence-electron chi connectivity index (χ2n) is 8.41. The van der Waals surface area contributed by atoms with Crippen LogP contribution < -0.4 is 15.5 Å². The Balaban J connectivity index is 1.44. The zero-order valence-corrected chi connectivity index (χ0v) is 20.7. The Labute approximate surface area is 219 Å². The first-order valence-electron chi connectivity index (χ1n) is 11.7. The van der Waals surface area contributed by atoms with Gasteiger partial charge in [0.05, 0.1) is 19.0 Å². The molecule has 1 atom stereocenters. The molecule has 3 aromatic carbocycles. The zero-order chi connectivity index (χ0) is 26.2. The van der Waals surface area contributed by atoms with Crippen LogP contribution in [0, 0.1) is 5.41 Å². The Kier molecular flexibility index (Phi) is 8.38. The maximum absolute atomic E-state index is 13.0. The van der Waals surface area contributed by atoms with Gasteiger partial charge in [0.2, 0.25) is 0 Å². The van der Waals surface area contributed by atoms with Gasteiger partial charge < -0.3 is 19.7 Å². The van der Waals surface area contributed by atoms with Gasteiger partial charge in [0.1, 0.15) is 17.8 Å². The number of nitrogens with one attached hydrogen (secondary N) is 2. The first-order chi connectivity index (χ1) is 17.9. The van der Waals surface area contributed by atoms with Gasteiger partial charge in [0, 0.05) is 16.8 Å². The van der Waals surface area contributed by atoms with Crippen LogP contribution in [-0.2, 0) is 11.3 Å². The number of amides is 1. The number of aromatic nitrogens is 1. The van der Waals surface area contributed by atoms with E-state index in [1.165, 1.54) is 0 Å². The third-order valence-corrected chi connectivity index (χ3v) is 6.03. The molecule has 7 nitrogen and oxygen atoms in total. The van der Waals surface area contributed by atoms with Crippen LogP contribution in [-0.4, -0.2) is 28.2 Å². The van der Waals surface area contributed by atoms with Crippen molar-refractivity contribution in [3.05, 3.63) is 119 Å². The lowest BCUT2D eigenvalue weighted by atomic mass is 9.98. The standard InChI is InChI=1S/C29H26ClN3O4/c30-24-7-3-5-22(17-24)20-10-12-21(13-11-20)26(19-28(34)35)32-29(36)23-6-4-8-25(18-23)37-16-15-33-14-2-1-9-27(33)31/h1-14,17-18,26,31H,15-16,19H2,(H,32,36)(H,34,35). The number of benzene rings is 3. The fraction of sp³-hybridized carbons (Fsp3) is 0.138. The maximum Gasteiger partial charge on any atom is 0.305 e. The van der Waals surface area contributed by atoms with Gasteiger partial charge in [-0.3, -0.25) is 15.0 Å². The van der Waals surface area contributed by atoms with Crippen molar-refractivity contribution in [1.29, 1.82) is 5.41 Å². The van der Waals surface area contributed by atoms with Gasteiger partial charge in [0.25, 0.3) is 5.91 Å². The van der Waals surface area contributed by atoms with E-state index in [1.807, 2.05) is 48.5 Å². The lowest BCUT2D eigenvalue weighted by Crippen LogP contribution is -2.30. The summed E-state index contributed by atoms with van der Waals surface area (Å²) in [5, 5.41) is 20.8. The molecular formula is C29H26ClN3O4. The number of carbonyl (C=O) groups excluding carboxylic acids is 1. The summed E-state index contributed by atoms with van der Waals surface area (Å²) >= 11 is 6.09. The fourth-order valence-corrected chi connectivity index (χ4v) is 4.09. The summed E-state index contributed by atoms with van der Waals surface area (Å²) in [6, 6.07) is 26.2. The second kappa shape index (κ2) is 12.1. The highest BCUT2D eigenvalue weighted by Crippen LogP contribution is 2.26. The van der Waals surface area contributed by atoms with Crippen LogP contribution in [0.3, 0.4) is 0 Å². The molecule has 3 N–H and O–H groups in total. The normalized spacial score (nSPS) is 11.5. The Bertz CT molecular complexity index is 1450. The van der Waals surface area contributed by atoms with Gasteiger partial charge >= 0.3 is 5.97 Å². The molecule has 37 heavy (non-hydrogen) atoms. The molecule has 188 valence electrons. The minimum absolute atomic E-state index is 0.262. The monoisotopic (exact) mass is 515 g/mol. The van der Waals surface area contributed by atoms with Crippen molar-refractivity contribution in [3.8, 4) is 16.9 Å². The van der Waals surface area contributed by atoms with Gasteiger partial charge in [-0.25, -0.2) is 0 Å². The zero-order valence-electron chi connectivity index (χ0n) is 19.9. The number of carboxylic acid groups (broad SMARTS) is 1. The van der Waals surface area contributed by atoms with Crippen LogP contribution in [0.1, 0.15) is 28.4 Å². The van der Waals surface area contributed by atoms with Crippen molar-refractivity contribution >= 4 is 23.5 Å². The molecular weight excluding hydrogens is 490 g/mol. The summed E-state index contributed by atoms with van der Waals surface area (Å²) in [4.78, 5) is 24.6. The van der Waals surface area contributed by atoms with E-state index in [0.29, 0.717) is 40.5 Å². The molecule has 0 saturated carbocycles. The number of carbonyl (C=O) groups is 2. The first-order valence-corrected chi connectivity index (χ1v) is 12.1. The minimum atomic E-state index is -1.02. The summed E-state index contributed by atoms with van der Waals surface area (Å²) in [7, 11) is 0. The molecule has 0 radical (unpaired) electrons. The highest BCUT2D eigenvalue weighted by atomic mass is 35.5. The first kappa shape index (κ1) is 25.7. The van der Waals surface area contributed by atoms with Crippen molar-refractivity contribution in [2.24, 2.45) is 0 Å². The molecule has 1 aromatic heterocycles. The molecule has 4 rings (SSSR count). The van der Waals surface area contributed by atoms with Gasteiger partial charge in [-0.05, 0) is 59.2 Å². The third-order valence-electron chi connectivity index (χ3n) is 5.79. The number of rotatable bonds is 10. The number of hydrogen-bond acceptors (Lipinski definition) is 4. The summed E-state index contributed by atoms with van der Waals surface area (Å²) < 4.78 is 7.54. The van der Waals surface area contributed by atoms with E-state index in [2.05, 4.69) is 5.32 Å². The number of pyridine rings is 1. The average Bonchev–Trinajstić information content (AvgIpc) is 2.89. The number of ether oxygens (including phenoxy) is 1. The summed E-state index contributed by atoms with van der Waals surface area (Å²) in [6.45, 7) is 0.814. The molecule has 1 amide bonds. The van der Waals surface area contributed by atoms with Crippen LogP contribution in [0.2, 0.25) is 5.02 Å². The average molecular weight is 516 g/mol. The van der Waals surface area contributed by atoms with Gasteiger partial charge in [-0.2, -0.15) is 0 Å². The summed E-state index contributed by atoms with van der Waals surface area (Å²) in [5.74, 6) is -0.911. The van der Waals surface area contributed by atoms with Crippen LogP contribution in [0.25, 0.3) is 11.1 Å². The quantitative estimate of drug-likeness (QED) is 0.266. The summed E-state index contributed by atoms with van der Waals surface area (Å²) in [5.41, 5.74) is 3.29. The van der Waals surface area contributed by atoms with E-state index in [0.717, 1.165) is 11.1 Å². The predicted octanol–water partition coefficient (Wildman–Crippen LogP) is 5.31. The Morgan fingerprint density at radius 3 is 2.46 bits per heavy atom.